The summed E-state index contributed by atoms with van der Waals surface area (Å²) < 4.78 is 14.9. The highest BCUT2D eigenvalue weighted by atomic mass is 19.1. The van der Waals surface area contributed by atoms with Gasteiger partial charge in [0.15, 0.2) is 5.82 Å². The summed E-state index contributed by atoms with van der Waals surface area (Å²) in [5, 5.41) is 9.43. The first-order valence-electron chi connectivity index (χ1n) is 6.17. The van der Waals surface area contributed by atoms with Gasteiger partial charge in [0.25, 0.3) is 11.5 Å². The summed E-state index contributed by atoms with van der Waals surface area (Å²) in [6.07, 6.45) is 1.50. The molecule has 0 aliphatic rings. The zero-order valence-electron chi connectivity index (χ0n) is 11.1. The molecule has 2 N–H and O–H groups in total. The monoisotopic (exact) mass is 286 g/mol. The molecule has 0 saturated carbocycles. The molecular formula is C14H11FN4O2. The first-order valence-corrected chi connectivity index (χ1v) is 6.17. The number of nitrogens with zero attached hydrogens (tertiary/aromatic N) is 2. The van der Waals surface area contributed by atoms with Crippen LogP contribution in [0.5, 0.6) is 0 Å². The van der Waals surface area contributed by atoms with E-state index in [1.54, 1.807) is 13.1 Å². The third-order valence-corrected chi connectivity index (χ3v) is 3.15. The topological polar surface area (TPSA) is 79.8 Å². The van der Waals surface area contributed by atoms with Crippen LogP contribution in [0.1, 0.15) is 10.4 Å². The molecule has 6 nitrogen and oxygen atoms in total. The molecule has 1 amide bonds. The minimum Gasteiger partial charge on any atom is -0.319 e. The average Bonchev–Trinajstić information content (AvgIpc) is 2.86. The number of aromatic nitrogens is 3. The number of aromatic amines is 1. The summed E-state index contributed by atoms with van der Waals surface area (Å²) in [6.45, 7) is 0. The molecule has 0 atom stereocenters. The van der Waals surface area contributed by atoms with E-state index >= 15 is 0 Å². The van der Waals surface area contributed by atoms with Gasteiger partial charge in [0.05, 0.1) is 0 Å². The Labute approximate surface area is 118 Å². The normalized spacial score (nSPS) is 10.8. The van der Waals surface area contributed by atoms with Crippen LogP contribution in [0.15, 0.2) is 41.3 Å². The van der Waals surface area contributed by atoms with Gasteiger partial charge < -0.3 is 9.88 Å². The maximum absolute atomic E-state index is 13.5. The number of pyridine rings is 1. The lowest BCUT2D eigenvalue weighted by Gasteiger charge is -2.03. The number of amides is 1. The number of aryl methyl sites for hydroxylation is 1. The summed E-state index contributed by atoms with van der Waals surface area (Å²) in [6, 6.07) is 7.21. The lowest BCUT2D eigenvalue weighted by molar-refractivity contribution is 0.102. The number of rotatable bonds is 2. The van der Waals surface area contributed by atoms with Crippen molar-refractivity contribution in [2.24, 2.45) is 7.05 Å². The molecule has 0 saturated heterocycles. The van der Waals surface area contributed by atoms with E-state index < -0.39 is 11.7 Å². The fourth-order valence-electron chi connectivity index (χ4n) is 1.97. The van der Waals surface area contributed by atoms with Crippen LogP contribution < -0.4 is 10.9 Å². The summed E-state index contributed by atoms with van der Waals surface area (Å²) in [5.74, 6) is -0.713. The predicted molar refractivity (Wildman–Crippen MR) is 75.7 cm³/mol. The molecule has 1 aromatic carbocycles. The highest BCUT2D eigenvalue weighted by Crippen LogP contribution is 2.22. The molecule has 0 bridgehead atoms. The molecule has 0 unspecified atom stereocenters. The zero-order valence-corrected chi connectivity index (χ0v) is 11.1. The van der Waals surface area contributed by atoms with Gasteiger partial charge in [0, 0.05) is 30.3 Å². The van der Waals surface area contributed by atoms with Crippen LogP contribution in [-0.4, -0.2) is 20.7 Å². The third kappa shape index (κ3) is 2.29. The fraction of sp³-hybridized carbons (Fsp3) is 0.0714. The minimum atomic E-state index is -0.481. The Morgan fingerprint density at radius 3 is 2.95 bits per heavy atom. The van der Waals surface area contributed by atoms with Crippen molar-refractivity contribution in [1.29, 1.82) is 0 Å². The van der Waals surface area contributed by atoms with Crippen molar-refractivity contribution in [1.82, 2.24) is 14.8 Å². The van der Waals surface area contributed by atoms with Gasteiger partial charge in [-0.1, -0.05) is 6.07 Å². The van der Waals surface area contributed by atoms with Crippen molar-refractivity contribution in [3.63, 3.8) is 0 Å². The van der Waals surface area contributed by atoms with Crippen LogP contribution in [0.25, 0.3) is 10.9 Å². The molecule has 7 heteroatoms. The van der Waals surface area contributed by atoms with Crippen LogP contribution in [-0.2, 0) is 7.05 Å². The maximum Gasteiger partial charge on any atom is 0.257 e. The number of carbonyl (C=O) groups is 1. The average molecular weight is 286 g/mol. The molecule has 2 heterocycles. The molecule has 0 fully saturated rings. The summed E-state index contributed by atoms with van der Waals surface area (Å²) >= 11 is 0. The van der Waals surface area contributed by atoms with Crippen molar-refractivity contribution in [2.45, 2.75) is 0 Å². The Bertz CT molecular complexity index is 897. The number of nitrogens with one attached hydrogen (secondary N) is 2. The fourth-order valence-corrected chi connectivity index (χ4v) is 1.97. The Kier molecular flexibility index (Phi) is 3.02. The van der Waals surface area contributed by atoms with E-state index in [2.05, 4.69) is 15.5 Å². The number of fused-ring (bicyclic) bond motifs is 1. The van der Waals surface area contributed by atoms with Gasteiger partial charge in [-0.25, -0.2) is 4.39 Å². The van der Waals surface area contributed by atoms with Crippen molar-refractivity contribution < 1.29 is 9.18 Å². The first kappa shape index (κ1) is 13.0. The molecule has 2 aromatic heterocycles. The second-order valence-electron chi connectivity index (χ2n) is 4.55. The molecule has 106 valence electrons. The van der Waals surface area contributed by atoms with Gasteiger partial charge in [0.2, 0.25) is 0 Å². The first-order chi connectivity index (χ1) is 10.1. The summed E-state index contributed by atoms with van der Waals surface area (Å²) in [7, 11) is 1.59. The number of hydrogen-bond acceptors (Lipinski definition) is 3. The summed E-state index contributed by atoms with van der Waals surface area (Å²) in [4.78, 5) is 23.6. The molecule has 0 aliphatic carbocycles. The Morgan fingerprint density at radius 2 is 2.19 bits per heavy atom. The lowest BCUT2D eigenvalue weighted by atomic mass is 10.2. The molecule has 0 spiro atoms. The van der Waals surface area contributed by atoms with Gasteiger partial charge in [0.1, 0.15) is 11.3 Å². The second kappa shape index (κ2) is 4.86. The number of H-pyrrole nitrogens is 1. The van der Waals surface area contributed by atoms with Crippen LogP contribution in [0, 0.1) is 5.82 Å². The lowest BCUT2D eigenvalue weighted by Crippen LogP contribution is -2.20. The number of halogens is 1. The van der Waals surface area contributed by atoms with Crippen LogP contribution >= 0.6 is 0 Å². The quantitative estimate of drug-likeness (QED) is 0.751. The molecule has 3 rings (SSSR count). The van der Waals surface area contributed by atoms with Gasteiger partial charge in [-0.05, 0) is 18.2 Å². The van der Waals surface area contributed by atoms with E-state index in [4.69, 9.17) is 0 Å². The molecule has 0 aliphatic heterocycles. The predicted octanol–water partition coefficient (Wildman–Crippen LogP) is 1.65. The van der Waals surface area contributed by atoms with Crippen LogP contribution in [0.3, 0.4) is 0 Å². The molecule has 21 heavy (non-hydrogen) atoms. The van der Waals surface area contributed by atoms with Gasteiger partial charge in [-0.15, -0.1) is 0 Å². The van der Waals surface area contributed by atoms with E-state index in [1.165, 1.54) is 35.0 Å². The van der Waals surface area contributed by atoms with Crippen molar-refractivity contribution in [3.8, 4) is 0 Å². The number of benzene rings is 1. The van der Waals surface area contributed by atoms with Gasteiger partial charge in [-0.3, -0.25) is 14.7 Å². The highest BCUT2D eigenvalue weighted by molar-refractivity contribution is 6.07. The number of carbonyl (C=O) groups excluding carboxylic acids is 1. The van der Waals surface area contributed by atoms with E-state index in [0.717, 1.165) is 0 Å². The standard InChI is InChI=1S/C14H11FN4O2/c1-19-6-5-8(7-11(19)20)14(21)16-13-9-3-2-4-10(15)12(9)17-18-13/h2-7H,1H3,(H2,16,17,18,21). The van der Waals surface area contributed by atoms with Crippen LogP contribution in [0.2, 0.25) is 0 Å². The summed E-state index contributed by atoms with van der Waals surface area (Å²) in [5.41, 5.74) is 0.142. The van der Waals surface area contributed by atoms with Gasteiger partial charge in [-0.2, -0.15) is 5.10 Å². The molecular weight excluding hydrogens is 275 g/mol. The molecule has 0 radical (unpaired) electrons. The van der Waals surface area contributed by atoms with E-state index in [9.17, 15) is 14.0 Å². The SMILES string of the molecule is Cn1ccc(C(=O)Nc2n[nH]c3c(F)cccc23)cc1=O. The Hall–Kier alpha value is -2.96. The maximum atomic E-state index is 13.5. The second-order valence-corrected chi connectivity index (χ2v) is 4.55. The van der Waals surface area contributed by atoms with Crippen molar-refractivity contribution >= 4 is 22.6 Å². The molecule has 3 aromatic rings. The van der Waals surface area contributed by atoms with E-state index in [-0.39, 0.29) is 22.5 Å². The third-order valence-electron chi connectivity index (χ3n) is 3.15. The highest BCUT2D eigenvalue weighted by Gasteiger charge is 2.13. The van der Waals surface area contributed by atoms with Crippen molar-refractivity contribution in [2.75, 3.05) is 5.32 Å². The number of anilines is 1. The smallest absolute Gasteiger partial charge is 0.257 e. The van der Waals surface area contributed by atoms with Gasteiger partial charge >= 0.3 is 0 Å². The van der Waals surface area contributed by atoms with Crippen molar-refractivity contribution in [3.05, 3.63) is 58.3 Å². The van der Waals surface area contributed by atoms with Crippen LogP contribution in [0.4, 0.5) is 10.2 Å². The van der Waals surface area contributed by atoms with E-state index in [1.807, 2.05) is 0 Å². The Balaban J connectivity index is 1.94. The number of hydrogen-bond donors (Lipinski definition) is 2. The van der Waals surface area contributed by atoms with E-state index in [0.29, 0.717) is 5.39 Å². The minimum absolute atomic E-state index is 0.214. The zero-order chi connectivity index (χ0) is 15.0. The Morgan fingerprint density at radius 1 is 1.38 bits per heavy atom. The number of para-hydroxylation sites is 1. The largest absolute Gasteiger partial charge is 0.319 e.